The predicted molar refractivity (Wildman–Crippen MR) is 77.4 cm³/mol. The Kier molecular flexibility index (Phi) is 4.17. The lowest BCUT2D eigenvalue weighted by atomic mass is 10.1. The highest BCUT2D eigenvalue weighted by molar-refractivity contribution is 5.39. The summed E-state index contributed by atoms with van der Waals surface area (Å²) >= 11 is 0. The molecule has 0 radical (unpaired) electrons. The number of hydrogen-bond donors (Lipinski definition) is 1. The number of nitrogens with two attached hydrogens (primary N) is 1. The highest BCUT2D eigenvalue weighted by Gasteiger charge is 2.06. The third-order valence-electron chi connectivity index (χ3n) is 3.14. The van der Waals surface area contributed by atoms with Gasteiger partial charge in [0, 0.05) is 6.04 Å². The number of aryl methyl sites for hydroxylation is 2. The van der Waals surface area contributed by atoms with Gasteiger partial charge in [0.05, 0.1) is 11.9 Å². The van der Waals surface area contributed by atoms with Crippen molar-refractivity contribution < 1.29 is 4.74 Å². The number of pyridine rings is 1. The summed E-state index contributed by atoms with van der Waals surface area (Å²) in [6.07, 6.45) is 2.61. The lowest BCUT2D eigenvalue weighted by Gasteiger charge is -2.11. The SMILES string of the molecule is CCC(N)c1ccc(Oc2ccc(C)cc2C)cn1. The zero-order valence-corrected chi connectivity index (χ0v) is 11.7. The molecule has 19 heavy (non-hydrogen) atoms. The summed E-state index contributed by atoms with van der Waals surface area (Å²) in [7, 11) is 0. The fraction of sp³-hybridized carbons (Fsp3) is 0.312. The monoisotopic (exact) mass is 256 g/mol. The van der Waals surface area contributed by atoms with Gasteiger partial charge in [0.1, 0.15) is 11.5 Å². The van der Waals surface area contributed by atoms with E-state index < -0.39 is 0 Å². The molecule has 0 bridgehead atoms. The highest BCUT2D eigenvalue weighted by Crippen LogP contribution is 2.25. The maximum atomic E-state index is 5.93. The van der Waals surface area contributed by atoms with Crippen molar-refractivity contribution in [2.24, 2.45) is 5.73 Å². The highest BCUT2D eigenvalue weighted by atomic mass is 16.5. The lowest BCUT2D eigenvalue weighted by Crippen LogP contribution is -2.10. The molecule has 3 nitrogen and oxygen atoms in total. The third kappa shape index (κ3) is 3.32. The van der Waals surface area contributed by atoms with Crippen LogP contribution in [0.25, 0.3) is 0 Å². The van der Waals surface area contributed by atoms with Crippen molar-refractivity contribution in [3.8, 4) is 11.5 Å². The molecule has 0 aliphatic heterocycles. The number of benzene rings is 1. The number of nitrogens with zero attached hydrogens (tertiary/aromatic N) is 1. The summed E-state index contributed by atoms with van der Waals surface area (Å²) in [5, 5.41) is 0. The molecule has 0 saturated heterocycles. The predicted octanol–water partition coefficient (Wildman–Crippen LogP) is 3.90. The lowest BCUT2D eigenvalue weighted by molar-refractivity contribution is 0.475. The van der Waals surface area contributed by atoms with Gasteiger partial charge in [0.25, 0.3) is 0 Å². The maximum Gasteiger partial charge on any atom is 0.145 e. The van der Waals surface area contributed by atoms with Crippen LogP contribution >= 0.6 is 0 Å². The van der Waals surface area contributed by atoms with Crippen molar-refractivity contribution in [3.63, 3.8) is 0 Å². The molecular formula is C16H20N2O. The minimum Gasteiger partial charge on any atom is -0.455 e. The second-order valence-corrected chi connectivity index (χ2v) is 4.80. The van der Waals surface area contributed by atoms with Crippen LogP contribution in [0.4, 0.5) is 0 Å². The van der Waals surface area contributed by atoms with Gasteiger partial charge in [-0.15, -0.1) is 0 Å². The van der Waals surface area contributed by atoms with Gasteiger partial charge < -0.3 is 10.5 Å². The quantitative estimate of drug-likeness (QED) is 0.902. The van der Waals surface area contributed by atoms with Crippen LogP contribution in [0.2, 0.25) is 0 Å². The molecule has 0 fully saturated rings. The van der Waals surface area contributed by atoms with Gasteiger partial charge in [0.15, 0.2) is 0 Å². The second kappa shape index (κ2) is 5.85. The molecule has 0 aliphatic carbocycles. The van der Waals surface area contributed by atoms with Gasteiger partial charge in [-0.25, -0.2) is 0 Å². The van der Waals surface area contributed by atoms with Crippen molar-refractivity contribution in [1.82, 2.24) is 4.98 Å². The molecular weight excluding hydrogens is 236 g/mol. The van der Waals surface area contributed by atoms with E-state index in [-0.39, 0.29) is 6.04 Å². The fourth-order valence-electron chi connectivity index (χ4n) is 1.92. The Bertz CT molecular complexity index is 549. The molecule has 1 aromatic carbocycles. The van der Waals surface area contributed by atoms with Crippen LogP contribution in [-0.4, -0.2) is 4.98 Å². The van der Waals surface area contributed by atoms with E-state index in [9.17, 15) is 0 Å². The first-order valence-electron chi connectivity index (χ1n) is 6.56. The summed E-state index contributed by atoms with van der Waals surface area (Å²) in [4.78, 5) is 4.34. The summed E-state index contributed by atoms with van der Waals surface area (Å²) in [6, 6.07) is 9.96. The van der Waals surface area contributed by atoms with Crippen LogP contribution in [-0.2, 0) is 0 Å². The zero-order chi connectivity index (χ0) is 13.8. The van der Waals surface area contributed by atoms with Gasteiger partial charge in [-0.1, -0.05) is 24.6 Å². The Morgan fingerprint density at radius 3 is 2.58 bits per heavy atom. The van der Waals surface area contributed by atoms with E-state index in [4.69, 9.17) is 10.5 Å². The van der Waals surface area contributed by atoms with Crippen LogP contribution in [0.5, 0.6) is 11.5 Å². The number of rotatable bonds is 4. The molecule has 0 aliphatic rings. The van der Waals surface area contributed by atoms with Crippen LogP contribution in [0, 0.1) is 13.8 Å². The van der Waals surface area contributed by atoms with Crippen molar-refractivity contribution in [2.75, 3.05) is 0 Å². The van der Waals surface area contributed by atoms with E-state index in [1.54, 1.807) is 6.20 Å². The summed E-state index contributed by atoms with van der Waals surface area (Å²) < 4.78 is 5.83. The third-order valence-corrected chi connectivity index (χ3v) is 3.14. The van der Waals surface area contributed by atoms with E-state index >= 15 is 0 Å². The van der Waals surface area contributed by atoms with Crippen LogP contribution in [0.15, 0.2) is 36.5 Å². The molecule has 0 saturated carbocycles. The average Bonchev–Trinajstić information content (AvgIpc) is 2.42. The topological polar surface area (TPSA) is 48.1 Å². The van der Waals surface area contributed by atoms with Crippen LogP contribution < -0.4 is 10.5 Å². The van der Waals surface area contributed by atoms with E-state index in [0.717, 1.165) is 29.2 Å². The minimum absolute atomic E-state index is 0.00448. The molecule has 1 aromatic heterocycles. The molecule has 3 heteroatoms. The van der Waals surface area contributed by atoms with Crippen molar-refractivity contribution in [1.29, 1.82) is 0 Å². The Balaban J connectivity index is 2.15. The Morgan fingerprint density at radius 1 is 1.21 bits per heavy atom. The first-order valence-corrected chi connectivity index (χ1v) is 6.56. The number of ether oxygens (including phenoxy) is 1. The molecule has 1 atom stereocenters. The van der Waals surface area contributed by atoms with Gasteiger partial charge in [-0.05, 0) is 44.0 Å². The van der Waals surface area contributed by atoms with Crippen molar-refractivity contribution in [3.05, 3.63) is 53.3 Å². The van der Waals surface area contributed by atoms with Crippen LogP contribution in [0.1, 0.15) is 36.2 Å². The second-order valence-electron chi connectivity index (χ2n) is 4.80. The Morgan fingerprint density at radius 2 is 2.00 bits per heavy atom. The largest absolute Gasteiger partial charge is 0.455 e. The zero-order valence-electron chi connectivity index (χ0n) is 11.7. The molecule has 1 heterocycles. The fourth-order valence-corrected chi connectivity index (χ4v) is 1.92. The summed E-state index contributed by atoms with van der Waals surface area (Å²) in [5.74, 6) is 1.60. The van der Waals surface area contributed by atoms with E-state index in [2.05, 4.69) is 18.0 Å². The summed E-state index contributed by atoms with van der Waals surface area (Å²) in [6.45, 7) is 6.16. The standard InChI is InChI=1S/C16H20N2O/c1-4-14(17)15-7-6-13(10-18-15)19-16-8-5-11(2)9-12(16)3/h5-10,14H,4,17H2,1-3H3. The first kappa shape index (κ1) is 13.6. The number of hydrogen-bond acceptors (Lipinski definition) is 3. The Labute approximate surface area is 114 Å². The van der Waals surface area contributed by atoms with Crippen molar-refractivity contribution >= 4 is 0 Å². The molecule has 0 amide bonds. The molecule has 100 valence electrons. The number of aromatic nitrogens is 1. The van der Waals surface area contributed by atoms with Crippen molar-refractivity contribution in [2.45, 2.75) is 33.2 Å². The Hall–Kier alpha value is -1.87. The maximum absolute atomic E-state index is 5.93. The molecule has 2 aromatic rings. The molecule has 2 N–H and O–H groups in total. The van der Waals surface area contributed by atoms with Gasteiger partial charge in [0.2, 0.25) is 0 Å². The van der Waals surface area contributed by atoms with Gasteiger partial charge >= 0.3 is 0 Å². The van der Waals surface area contributed by atoms with Gasteiger partial charge in [-0.3, -0.25) is 4.98 Å². The van der Waals surface area contributed by atoms with Crippen LogP contribution in [0.3, 0.4) is 0 Å². The molecule has 1 unspecified atom stereocenters. The summed E-state index contributed by atoms with van der Waals surface area (Å²) in [5.41, 5.74) is 9.18. The first-order chi connectivity index (χ1) is 9.10. The normalized spacial score (nSPS) is 12.2. The smallest absolute Gasteiger partial charge is 0.145 e. The minimum atomic E-state index is -0.00448. The van der Waals surface area contributed by atoms with Gasteiger partial charge in [-0.2, -0.15) is 0 Å². The molecule has 0 spiro atoms. The van der Waals surface area contributed by atoms with E-state index in [0.29, 0.717) is 0 Å². The molecule has 2 rings (SSSR count). The van der Waals surface area contributed by atoms with E-state index in [1.165, 1.54) is 5.56 Å². The average molecular weight is 256 g/mol. The van der Waals surface area contributed by atoms with E-state index in [1.807, 2.05) is 38.1 Å².